The van der Waals surface area contributed by atoms with Gasteiger partial charge < -0.3 is 10.2 Å². The molecule has 168 valence electrons. The summed E-state index contributed by atoms with van der Waals surface area (Å²) in [6, 6.07) is 4.55. The lowest BCUT2D eigenvalue weighted by molar-refractivity contribution is -0.142. The van der Waals surface area contributed by atoms with Crippen molar-refractivity contribution in [2.75, 3.05) is 13.6 Å². The molecule has 7 atom stereocenters. The van der Waals surface area contributed by atoms with Crippen LogP contribution in [-0.4, -0.2) is 36.3 Å². The first kappa shape index (κ1) is 21.2. The maximum atomic E-state index is 13.2. The van der Waals surface area contributed by atoms with Gasteiger partial charge in [0.25, 0.3) is 0 Å². The minimum absolute atomic E-state index is 0.0773. The molecule has 4 nitrogen and oxygen atoms in total. The average molecular weight is 441 g/mol. The molecule has 0 bridgehead atoms. The highest BCUT2D eigenvalue weighted by molar-refractivity contribution is 7.09. The Hall–Kier alpha value is -1.62. The lowest BCUT2D eigenvalue weighted by Crippen LogP contribution is -2.59. The van der Waals surface area contributed by atoms with Crippen molar-refractivity contribution in [1.29, 1.82) is 0 Å². The molecule has 3 aliphatic carbocycles. The topological polar surface area (TPSA) is 49.4 Å². The molecule has 4 aliphatic rings. The van der Waals surface area contributed by atoms with E-state index in [1.54, 1.807) is 11.3 Å². The number of likely N-dealkylation sites (N-methyl/N-ethyl adjacent to an activating group) is 1. The number of hydrogen-bond donors (Lipinski definition) is 1. The number of rotatable bonds is 4. The Morgan fingerprint density at radius 2 is 2.03 bits per heavy atom. The quantitative estimate of drug-likeness (QED) is 0.740. The minimum Gasteiger partial charge on any atom is -0.355 e. The molecule has 0 unspecified atom stereocenters. The summed E-state index contributed by atoms with van der Waals surface area (Å²) in [4.78, 5) is 28.8. The predicted octanol–water partition coefficient (Wildman–Crippen LogP) is 4.66. The second-order valence-corrected chi connectivity index (χ2v) is 11.9. The summed E-state index contributed by atoms with van der Waals surface area (Å²) in [5.74, 6) is 2.52. The fourth-order valence-corrected chi connectivity index (χ4v) is 8.77. The molecule has 5 heteroatoms. The van der Waals surface area contributed by atoms with Crippen LogP contribution in [0.2, 0.25) is 0 Å². The van der Waals surface area contributed by atoms with Crippen molar-refractivity contribution < 1.29 is 9.59 Å². The van der Waals surface area contributed by atoms with Crippen LogP contribution in [0.5, 0.6) is 0 Å². The van der Waals surface area contributed by atoms with Crippen LogP contribution < -0.4 is 5.32 Å². The van der Waals surface area contributed by atoms with E-state index in [-0.39, 0.29) is 28.6 Å². The molecule has 5 rings (SSSR count). The van der Waals surface area contributed by atoms with Crippen molar-refractivity contribution >= 4 is 23.2 Å². The minimum atomic E-state index is 0.0773. The van der Waals surface area contributed by atoms with Gasteiger partial charge in [-0.2, -0.15) is 0 Å². The van der Waals surface area contributed by atoms with E-state index < -0.39 is 0 Å². The highest BCUT2D eigenvalue weighted by Crippen LogP contribution is 2.65. The third kappa shape index (κ3) is 3.30. The van der Waals surface area contributed by atoms with Gasteiger partial charge in [0.15, 0.2) is 0 Å². The first-order valence-electron chi connectivity index (χ1n) is 12.1. The van der Waals surface area contributed by atoms with E-state index in [4.69, 9.17) is 0 Å². The van der Waals surface area contributed by atoms with E-state index in [2.05, 4.69) is 42.8 Å². The van der Waals surface area contributed by atoms with Crippen molar-refractivity contribution in [3.8, 4) is 0 Å². The zero-order valence-corrected chi connectivity index (χ0v) is 19.9. The predicted molar refractivity (Wildman–Crippen MR) is 125 cm³/mol. The van der Waals surface area contributed by atoms with Crippen LogP contribution in [0, 0.1) is 34.5 Å². The molecule has 3 fully saturated rings. The van der Waals surface area contributed by atoms with Crippen molar-refractivity contribution in [2.45, 2.75) is 64.8 Å². The highest BCUT2D eigenvalue weighted by Gasteiger charge is 2.61. The van der Waals surface area contributed by atoms with E-state index in [9.17, 15) is 9.59 Å². The van der Waals surface area contributed by atoms with Crippen molar-refractivity contribution in [3.05, 3.63) is 34.5 Å². The Bertz CT molecular complexity index is 880. The second kappa shape index (κ2) is 7.75. The van der Waals surface area contributed by atoms with Crippen LogP contribution in [0.4, 0.5) is 0 Å². The maximum absolute atomic E-state index is 13.2. The summed E-state index contributed by atoms with van der Waals surface area (Å²) >= 11 is 1.76. The van der Waals surface area contributed by atoms with Gasteiger partial charge >= 0.3 is 0 Å². The molecular formula is C26H36N2O2S. The average Bonchev–Trinajstić information content (AvgIpc) is 3.38. The van der Waals surface area contributed by atoms with Crippen molar-refractivity contribution in [3.63, 3.8) is 0 Å². The Balaban J connectivity index is 1.30. The Morgan fingerprint density at radius 3 is 2.81 bits per heavy atom. The summed E-state index contributed by atoms with van der Waals surface area (Å²) in [5, 5.41) is 5.37. The second-order valence-electron chi connectivity index (χ2n) is 10.9. The van der Waals surface area contributed by atoms with Gasteiger partial charge in [0.05, 0.1) is 0 Å². The van der Waals surface area contributed by atoms with Crippen LogP contribution in [0.1, 0.15) is 57.2 Å². The van der Waals surface area contributed by atoms with E-state index in [1.807, 2.05) is 18.0 Å². The van der Waals surface area contributed by atoms with Gasteiger partial charge in [-0.15, -0.1) is 11.3 Å². The molecule has 1 N–H and O–H groups in total. The first-order valence-corrected chi connectivity index (χ1v) is 13.0. The summed E-state index contributed by atoms with van der Waals surface area (Å²) in [7, 11) is 1.98. The summed E-state index contributed by atoms with van der Waals surface area (Å²) in [5.41, 5.74) is 0.200. The van der Waals surface area contributed by atoms with Crippen LogP contribution in [0.15, 0.2) is 29.7 Å². The first-order chi connectivity index (χ1) is 14.8. The van der Waals surface area contributed by atoms with E-state index in [0.717, 1.165) is 32.2 Å². The van der Waals surface area contributed by atoms with Gasteiger partial charge in [-0.1, -0.05) is 26.0 Å². The molecule has 31 heavy (non-hydrogen) atoms. The zero-order valence-electron chi connectivity index (χ0n) is 19.1. The number of carbonyl (C=O) groups is 2. The normalized spacial score (nSPS) is 41.5. The van der Waals surface area contributed by atoms with Gasteiger partial charge in [0, 0.05) is 35.8 Å². The summed E-state index contributed by atoms with van der Waals surface area (Å²) in [6.07, 6.45) is 11.8. The maximum Gasteiger partial charge on any atom is 0.246 e. The number of amides is 2. The number of hydrogen-bond acceptors (Lipinski definition) is 3. The molecule has 0 radical (unpaired) electrons. The van der Waals surface area contributed by atoms with Gasteiger partial charge in [0.2, 0.25) is 11.8 Å². The zero-order chi connectivity index (χ0) is 21.8. The monoisotopic (exact) mass is 440 g/mol. The van der Waals surface area contributed by atoms with Crippen LogP contribution in [0.25, 0.3) is 0 Å². The van der Waals surface area contributed by atoms with E-state index >= 15 is 0 Å². The van der Waals surface area contributed by atoms with Gasteiger partial charge in [-0.3, -0.25) is 9.59 Å². The number of fused-ring (bicyclic) bond motifs is 5. The molecule has 0 spiro atoms. The largest absolute Gasteiger partial charge is 0.355 e. The van der Waals surface area contributed by atoms with Crippen LogP contribution in [-0.2, 0) is 16.0 Å². The van der Waals surface area contributed by atoms with Gasteiger partial charge in [0.1, 0.15) is 0 Å². The fraction of sp³-hybridized carbons (Fsp3) is 0.692. The number of carbonyl (C=O) groups excluding carboxylic acids is 2. The third-order valence-corrected chi connectivity index (χ3v) is 10.6. The van der Waals surface area contributed by atoms with E-state index in [1.165, 1.54) is 24.1 Å². The molecule has 1 aliphatic heterocycles. The highest BCUT2D eigenvalue weighted by atomic mass is 32.1. The molecule has 2 heterocycles. The number of thiophene rings is 1. The lowest BCUT2D eigenvalue weighted by atomic mass is 9.47. The summed E-state index contributed by atoms with van der Waals surface area (Å²) < 4.78 is 0. The molecule has 0 saturated heterocycles. The smallest absolute Gasteiger partial charge is 0.246 e. The molecule has 3 saturated carbocycles. The van der Waals surface area contributed by atoms with Crippen LogP contribution in [0.3, 0.4) is 0 Å². The molecule has 2 amide bonds. The van der Waals surface area contributed by atoms with E-state index in [0.29, 0.717) is 23.8 Å². The molecule has 1 aromatic rings. The molecule has 1 aromatic heterocycles. The van der Waals surface area contributed by atoms with Crippen molar-refractivity contribution in [1.82, 2.24) is 10.2 Å². The summed E-state index contributed by atoms with van der Waals surface area (Å²) in [6.45, 7) is 5.54. The Morgan fingerprint density at radius 1 is 1.19 bits per heavy atom. The Kier molecular flexibility index (Phi) is 5.31. The molecule has 0 aromatic carbocycles. The SMILES string of the molecule is CN1C(=O)C=C[C@]2(C)[C@H]3CC[C@]4(C)[C@@H](C(=O)NCCc5cccs5)CC[C@H]4[C@@H]3CC[C@@H]12. The lowest BCUT2D eigenvalue weighted by Gasteiger charge is -2.60. The number of nitrogens with one attached hydrogen (secondary N) is 1. The Labute approximate surface area is 190 Å². The van der Waals surface area contributed by atoms with Crippen molar-refractivity contribution in [2.24, 2.45) is 34.5 Å². The van der Waals surface area contributed by atoms with Crippen LogP contribution >= 0.6 is 11.3 Å². The van der Waals surface area contributed by atoms with Gasteiger partial charge in [-0.05, 0) is 85.6 Å². The number of nitrogens with zero attached hydrogens (tertiary/aromatic N) is 1. The van der Waals surface area contributed by atoms with Gasteiger partial charge in [-0.25, -0.2) is 0 Å². The fourth-order valence-electron chi connectivity index (χ4n) is 8.06. The third-order valence-electron chi connectivity index (χ3n) is 9.69. The molecular weight excluding hydrogens is 404 g/mol. The standard InChI is InChI=1S/C26H36N2O2S/c1-25-13-10-20-18(6-9-22-26(20,2)14-11-23(29)28(22)3)19(25)7-8-21(25)24(30)27-15-12-17-5-4-16-31-17/h4-5,11,14,16,18-22H,6-10,12-13,15H2,1-3H3,(H,27,30)/t18-,19-,20-,21+,22+,25-,26+/m0/s1.